The van der Waals surface area contributed by atoms with Gasteiger partial charge in [-0.3, -0.25) is 4.98 Å². The van der Waals surface area contributed by atoms with Crippen LogP contribution in [-0.4, -0.2) is 16.1 Å². The van der Waals surface area contributed by atoms with Crippen molar-refractivity contribution in [2.24, 2.45) is 0 Å². The monoisotopic (exact) mass is 269 g/mol. The summed E-state index contributed by atoms with van der Waals surface area (Å²) < 4.78 is 5.44. The normalized spacial score (nSPS) is 10.2. The molecule has 0 saturated carbocycles. The van der Waals surface area contributed by atoms with Gasteiger partial charge in [0.15, 0.2) is 0 Å². The van der Waals surface area contributed by atoms with E-state index in [1.54, 1.807) is 24.4 Å². The number of halogens is 1. The maximum absolute atomic E-state index is 10.7. The molecule has 0 aromatic carbocycles. The lowest BCUT2D eigenvalue weighted by molar-refractivity contribution is 0.0702. The molecule has 0 fully saturated rings. The van der Waals surface area contributed by atoms with Crippen molar-refractivity contribution >= 4 is 28.9 Å². The molecule has 0 aliphatic rings. The number of carboxylic acids is 1. The molecule has 0 unspecified atom stereocenters. The Bertz CT molecular complexity index is 541. The second-order valence-electron chi connectivity index (χ2n) is 3.20. The molecular formula is C11H8ClNO3S. The van der Waals surface area contributed by atoms with E-state index in [2.05, 4.69) is 4.98 Å². The van der Waals surface area contributed by atoms with Crippen LogP contribution in [0.15, 0.2) is 30.6 Å². The van der Waals surface area contributed by atoms with Crippen LogP contribution in [0, 0.1) is 0 Å². The van der Waals surface area contributed by atoms with Crippen LogP contribution in [0.2, 0.25) is 5.02 Å². The summed E-state index contributed by atoms with van der Waals surface area (Å²) in [6.07, 6.45) is 3.07. The number of aromatic carboxylic acids is 1. The lowest BCUT2D eigenvalue weighted by Gasteiger charge is -2.03. The molecule has 2 aromatic heterocycles. The zero-order valence-corrected chi connectivity index (χ0v) is 10.2. The molecule has 0 saturated heterocycles. The van der Waals surface area contributed by atoms with Gasteiger partial charge in [0.25, 0.3) is 0 Å². The summed E-state index contributed by atoms with van der Waals surface area (Å²) >= 11 is 6.94. The molecule has 0 aliphatic carbocycles. The summed E-state index contributed by atoms with van der Waals surface area (Å²) in [6, 6.07) is 4.94. The molecule has 4 nitrogen and oxygen atoms in total. The number of ether oxygens (including phenoxy) is 1. The van der Waals surface area contributed by atoms with Crippen molar-refractivity contribution in [1.82, 2.24) is 4.98 Å². The van der Waals surface area contributed by atoms with Gasteiger partial charge in [0.2, 0.25) is 0 Å². The fourth-order valence-corrected chi connectivity index (χ4v) is 2.12. The van der Waals surface area contributed by atoms with E-state index in [1.807, 2.05) is 0 Å². The van der Waals surface area contributed by atoms with E-state index in [0.29, 0.717) is 22.3 Å². The van der Waals surface area contributed by atoms with Crippen molar-refractivity contribution in [3.63, 3.8) is 0 Å². The molecule has 0 atom stereocenters. The zero-order valence-electron chi connectivity index (χ0n) is 8.59. The third-order valence-corrected chi connectivity index (χ3v) is 3.19. The van der Waals surface area contributed by atoms with Gasteiger partial charge in [0.05, 0.1) is 11.2 Å². The fraction of sp³-hybridized carbons (Fsp3) is 0.0909. The number of rotatable bonds is 4. The predicted molar refractivity (Wildman–Crippen MR) is 64.9 cm³/mol. The highest BCUT2D eigenvalue weighted by Gasteiger charge is 2.07. The van der Waals surface area contributed by atoms with E-state index >= 15 is 0 Å². The van der Waals surface area contributed by atoms with Gasteiger partial charge in [-0.05, 0) is 12.1 Å². The van der Waals surface area contributed by atoms with Crippen molar-refractivity contribution < 1.29 is 14.6 Å². The third kappa shape index (κ3) is 3.18. The highest BCUT2D eigenvalue weighted by molar-refractivity contribution is 7.13. The maximum Gasteiger partial charge on any atom is 0.345 e. The lowest BCUT2D eigenvalue weighted by Crippen LogP contribution is -1.93. The molecule has 88 valence electrons. The van der Waals surface area contributed by atoms with Crippen LogP contribution in [0.5, 0.6) is 5.75 Å². The molecule has 2 heterocycles. The topological polar surface area (TPSA) is 59.4 Å². The van der Waals surface area contributed by atoms with Gasteiger partial charge in [-0.15, -0.1) is 11.3 Å². The number of thiophene rings is 1. The Kier molecular flexibility index (Phi) is 3.61. The first-order chi connectivity index (χ1) is 8.15. The van der Waals surface area contributed by atoms with Gasteiger partial charge in [-0.2, -0.15) is 0 Å². The summed E-state index contributed by atoms with van der Waals surface area (Å²) in [6.45, 7) is 0.306. The Morgan fingerprint density at radius 3 is 2.94 bits per heavy atom. The van der Waals surface area contributed by atoms with E-state index < -0.39 is 5.97 Å². The quantitative estimate of drug-likeness (QED) is 0.927. The van der Waals surface area contributed by atoms with Crippen molar-refractivity contribution in [3.05, 3.63) is 45.4 Å². The van der Waals surface area contributed by atoms with Crippen LogP contribution in [0.1, 0.15) is 14.5 Å². The van der Waals surface area contributed by atoms with Crippen LogP contribution in [0.4, 0.5) is 0 Å². The first kappa shape index (κ1) is 11.9. The number of nitrogens with zero attached hydrogens (tertiary/aromatic N) is 1. The average molecular weight is 270 g/mol. The highest BCUT2D eigenvalue weighted by Crippen LogP contribution is 2.20. The molecular weight excluding hydrogens is 262 g/mol. The minimum Gasteiger partial charge on any atom is -0.486 e. The van der Waals surface area contributed by atoms with Crippen LogP contribution >= 0.6 is 22.9 Å². The first-order valence-corrected chi connectivity index (χ1v) is 5.90. The zero-order chi connectivity index (χ0) is 12.3. The lowest BCUT2D eigenvalue weighted by atomic mass is 10.4. The van der Waals surface area contributed by atoms with Gasteiger partial charge in [-0.25, -0.2) is 4.79 Å². The molecule has 1 N–H and O–H groups in total. The molecule has 0 aliphatic heterocycles. The van der Waals surface area contributed by atoms with Gasteiger partial charge >= 0.3 is 5.97 Å². The second-order valence-corrected chi connectivity index (χ2v) is 4.80. The van der Waals surface area contributed by atoms with Gasteiger partial charge in [0.1, 0.15) is 17.2 Å². The Labute approximate surface area is 106 Å². The molecule has 0 spiro atoms. The Morgan fingerprint density at radius 1 is 1.47 bits per heavy atom. The maximum atomic E-state index is 10.7. The summed E-state index contributed by atoms with van der Waals surface area (Å²) in [4.78, 5) is 15.7. The largest absolute Gasteiger partial charge is 0.486 e. The summed E-state index contributed by atoms with van der Waals surface area (Å²) in [5, 5.41) is 9.26. The molecule has 2 aromatic rings. The van der Waals surface area contributed by atoms with E-state index in [-0.39, 0.29) is 0 Å². The molecule has 0 radical (unpaired) electrons. The number of pyridine rings is 1. The summed E-state index contributed by atoms with van der Waals surface area (Å²) in [7, 11) is 0. The van der Waals surface area contributed by atoms with Crippen LogP contribution in [-0.2, 0) is 6.61 Å². The predicted octanol–water partition coefficient (Wildman–Crippen LogP) is 3.07. The van der Waals surface area contributed by atoms with Gasteiger partial charge in [0, 0.05) is 17.1 Å². The number of aromatic nitrogens is 1. The number of hydrogen-bond acceptors (Lipinski definition) is 4. The highest BCUT2D eigenvalue weighted by atomic mass is 35.5. The number of carbonyl (C=O) groups is 1. The van der Waals surface area contributed by atoms with Crippen molar-refractivity contribution in [1.29, 1.82) is 0 Å². The van der Waals surface area contributed by atoms with Crippen molar-refractivity contribution in [2.75, 3.05) is 0 Å². The minimum absolute atomic E-state index is 0.299. The van der Waals surface area contributed by atoms with E-state index in [0.717, 1.165) is 4.88 Å². The molecule has 0 amide bonds. The number of hydrogen-bond donors (Lipinski definition) is 1. The SMILES string of the molecule is O=C(O)c1ccc(COc2cncc(Cl)c2)s1. The summed E-state index contributed by atoms with van der Waals surface area (Å²) in [5.41, 5.74) is 0. The standard InChI is InChI=1S/C11H8ClNO3S/c12-7-3-8(5-13-4-7)16-6-9-1-2-10(17-9)11(14)15/h1-5H,6H2,(H,14,15). The van der Waals surface area contributed by atoms with Crippen LogP contribution < -0.4 is 4.74 Å². The fourth-order valence-electron chi connectivity index (χ4n) is 1.20. The first-order valence-electron chi connectivity index (χ1n) is 4.70. The van der Waals surface area contributed by atoms with E-state index in [1.165, 1.54) is 17.5 Å². The van der Waals surface area contributed by atoms with E-state index in [4.69, 9.17) is 21.4 Å². The smallest absolute Gasteiger partial charge is 0.345 e. The van der Waals surface area contributed by atoms with Gasteiger partial charge < -0.3 is 9.84 Å². The van der Waals surface area contributed by atoms with Crippen LogP contribution in [0.25, 0.3) is 0 Å². The Balaban J connectivity index is 2.00. The van der Waals surface area contributed by atoms with Crippen molar-refractivity contribution in [3.8, 4) is 5.75 Å². The second kappa shape index (κ2) is 5.16. The van der Waals surface area contributed by atoms with Crippen LogP contribution in [0.3, 0.4) is 0 Å². The van der Waals surface area contributed by atoms with Gasteiger partial charge in [-0.1, -0.05) is 11.6 Å². The summed E-state index contributed by atoms with van der Waals surface area (Å²) in [5.74, 6) is -0.367. The molecule has 0 bridgehead atoms. The molecule has 2 rings (SSSR count). The van der Waals surface area contributed by atoms with Crippen molar-refractivity contribution in [2.45, 2.75) is 6.61 Å². The average Bonchev–Trinajstić information content (AvgIpc) is 2.75. The number of carboxylic acid groups (broad SMARTS) is 1. The minimum atomic E-state index is -0.925. The Hall–Kier alpha value is -1.59. The molecule has 17 heavy (non-hydrogen) atoms. The molecule has 6 heteroatoms. The Morgan fingerprint density at radius 2 is 2.29 bits per heavy atom. The third-order valence-electron chi connectivity index (χ3n) is 1.93. The van der Waals surface area contributed by atoms with E-state index in [9.17, 15) is 4.79 Å².